The summed E-state index contributed by atoms with van der Waals surface area (Å²) in [6, 6.07) is 5.75. The van der Waals surface area contributed by atoms with Crippen molar-refractivity contribution in [3.63, 3.8) is 0 Å². The minimum absolute atomic E-state index is 0.0165. The van der Waals surface area contributed by atoms with Gasteiger partial charge in [-0.15, -0.1) is 0 Å². The zero-order valence-corrected chi connectivity index (χ0v) is 8.95. The summed E-state index contributed by atoms with van der Waals surface area (Å²) in [6.45, 7) is 1.75. The van der Waals surface area contributed by atoms with E-state index in [1.807, 2.05) is 0 Å². The molecule has 0 aliphatic rings. The van der Waals surface area contributed by atoms with Crippen LogP contribution in [0.15, 0.2) is 24.3 Å². The normalized spacial score (nSPS) is 11.1. The Hall–Kier alpha value is -1.40. The number of rotatable bonds is 4. The first kappa shape index (κ1) is 11.7. The Labute approximate surface area is 88.1 Å². The van der Waals surface area contributed by atoms with Crippen LogP contribution in [-0.4, -0.2) is 14.2 Å². The number of ketones is 1. The molecule has 6 heteroatoms. The van der Waals surface area contributed by atoms with Gasteiger partial charge in [-0.1, -0.05) is 6.92 Å². The van der Waals surface area contributed by atoms with Gasteiger partial charge in [0.05, 0.1) is 0 Å². The summed E-state index contributed by atoms with van der Waals surface area (Å²) in [5, 5.41) is 4.67. The average molecular weight is 229 g/mol. The van der Waals surface area contributed by atoms with E-state index in [9.17, 15) is 13.2 Å². The molecule has 0 aliphatic carbocycles. The van der Waals surface area contributed by atoms with Gasteiger partial charge < -0.3 is 4.18 Å². The molecule has 82 valence electrons. The fraction of sp³-hybridized carbons (Fsp3) is 0.222. The fourth-order valence-electron chi connectivity index (χ4n) is 1.03. The van der Waals surface area contributed by atoms with Crippen molar-refractivity contribution in [1.29, 1.82) is 0 Å². The second-order valence-electron chi connectivity index (χ2n) is 2.88. The monoisotopic (exact) mass is 229 g/mol. The van der Waals surface area contributed by atoms with Crippen LogP contribution in [0.1, 0.15) is 23.7 Å². The molecule has 0 radical (unpaired) electrons. The molecule has 0 aromatic heterocycles. The molecule has 0 saturated carbocycles. The zero-order chi connectivity index (χ0) is 11.5. The van der Waals surface area contributed by atoms with Crippen LogP contribution in [0, 0.1) is 0 Å². The van der Waals surface area contributed by atoms with Crippen molar-refractivity contribution in [1.82, 2.24) is 0 Å². The van der Waals surface area contributed by atoms with Gasteiger partial charge in [0.25, 0.3) is 0 Å². The largest absolute Gasteiger partial charge is 0.380 e. The molecular formula is C9H11NO4S. The Morgan fingerprint density at radius 3 is 2.27 bits per heavy atom. The first-order valence-corrected chi connectivity index (χ1v) is 5.75. The molecule has 5 nitrogen and oxygen atoms in total. The second-order valence-corrected chi connectivity index (χ2v) is 4.03. The van der Waals surface area contributed by atoms with Crippen molar-refractivity contribution in [2.45, 2.75) is 13.3 Å². The first-order chi connectivity index (χ1) is 6.92. The van der Waals surface area contributed by atoms with E-state index in [1.54, 1.807) is 6.92 Å². The maximum atomic E-state index is 11.2. The highest BCUT2D eigenvalue weighted by atomic mass is 32.2. The number of hydrogen-bond donors (Lipinski definition) is 1. The maximum Gasteiger partial charge on any atom is 0.380 e. The summed E-state index contributed by atoms with van der Waals surface area (Å²) in [6.07, 6.45) is 0.398. The van der Waals surface area contributed by atoms with Crippen molar-refractivity contribution < 1.29 is 17.4 Å². The Morgan fingerprint density at radius 1 is 1.33 bits per heavy atom. The highest BCUT2D eigenvalue weighted by molar-refractivity contribution is 7.84. The summed E-state index contributed by atoms with van der Waals surface area (Å²) in [7, 11) is -4.00. The van der Waals surface area contributed by atoms with Crippen LogP contribution in [0.4, 0.5) is 0 Å². The number of Topliss-reactive ketones (excluding diaryl/α,β-unsaturated/α-hetero) is 1. The molecule has 1 aromatic rings. The minimum Gasteiger partial charge on any atom is -0.371 e. The van der Waals surface area contributed by atoms with Crippen molar-refractivity contribution in [2.75, 3.05) is 0 Å². The summed E-state index contributed by atoms with van der Waals surface area (Å²) in [5.74, 6) is 0.0716. The van der Waals surface area contributed by atoms with Crippen molar-refractivity contribution in [2.24, 2.45) is 5.14 Å². The third kappa shape index (κ3) is 3.69. The van der Waals surface area contributed by atoms with E-state index < -0.39 is 10.3 Å². The van der Waals surface area contributed by atoms with Crippen molar-refractivity contribution in [3.05, 3.63) is 29.8 Å². The zero-order valence-electron chi connectivity index (χ0n) is 8.14. The van der Waals surface area contributed by atoms with Gasteiger partial charge in [-0.3, -0.25) is 4.79 Å². The smallest absolute Gasteiger partial charge is 0.371 e. The van der Waals surface area contributed by atoms with Crippen LogP contribution in [0.3, 0.4) is 0 Å². The molecule has 0 amide bonds. The van der Waals surface area contributed by atoms with Crippen LogP contribution in [-0.2, 0) is 10.3 Å². The quantitative estimate of drug-likeness (QED) is 0.776. The standard InChI is InChI=1S/C9H11NO4S/c1-2-9(11)7-3-5-8(6-4-7)14-15(10,12)13/h3-6H,2H2,1H3,(H2,10,12,13). The van der Waals surface area contributed by atoms with Gasteiger partial charge in [0.2, 0.25) is 0 Å². The van der Waals surface area contributed by atoms with E-state index in [0.717, 1.165) is 0 Å². The van der Waals surface area contributed by atoms with E-state index >= 15 is 0 Å². The van der Waals surface area contributed by atoms with Crippen LogP contribution in [0.25, 0.3) is 0 Å². The number of hydrogen-bond acceptors (Lipinski definition) is 4. The van der Waals surface area contributed by atoms with Gasteiger partial charge >= 0.3 is 10.3 Å². The number of nitrogens with two attached hydrogens (primary N) is 1. The molecular weight excluding hydrogens is 218 g/mol. The van der Waals surface area contributed by atoms with E-state index in [0.29, 0.717) is 12.0 Å². The Bertz CT molecular complexity index is 450. The topological polar surface area (TPSA) is 86.5 Å². The number of carbonyl (C=O) groups is 1. The van der Waals surface area contributed by atoms with Gasteiger partial charge in [0, 0.05) is 12.0 Å². The third-order valence-corrected chi connectivity index (χ3v) is 2.13. The molecule has 0 fully saturated rings. The summed E-state index contributed by atoms with van der Waals surface area (Å²) >= 11 is 0. The maximum absolute atomic E-state index is 11.2. The molecule has 0 bridgehead atoms. The van der Waals surface area contributed by atoms with Crippen LogP contribution in [0.2, 0.25) is 0 Å². The van der Waals surface area contributed by atoms with E-state index in [2.05, 4.69) is 9.32 Å². The molecule has 0 atom stereocenters. The van der Waals surface area contributed by atoms with Crippen molar-refractivity contribution in [3.8, 4) is 5.75 Å². The molecule has 0 heterocycles. The molecule has 1 aromatic carbocycles. The summed E-state index contributed by atoms with van der Waals surface area (Å²) in [4.78, 5) is 11.2. The lowest BCUT2D eigenvalue weighted by Crippen LogP contribution is -2.18. The van der Waals surface area contributed by atoms with Crippen molar-refractivity contribution >= 4 is 16.1 Å². The van der Waals surface area contributed by atoms with Crippen LogP contribution < -0.4 is 9.32 Å². The lowest BCUT2D eigenvalue weighted by molar-refractivity contribution is 0.0988. The Morgan fingerprint density at radius 2 is 1.87 bits per heavy atom. The van der Waals surface area contributed by atoms with E-state index in [4.69, 9.17) is 0 Å². The predicted molar refractivity (Wildman–Crippen MR) is 54.8 cm³/mol. The molecule has 0 unspecified atom stereocenters. The summed E-state index contributed by atoms with van der Waals surface area (Å²) < 4.78 is 25.5. The minimum atomic E-state index is -4.00. The van der Waals surface area contributed by atoms with Gasteiger partial charge in [-0.05, 0) is 24.3 Å². The van der Waals surface area contributed by atoms with E-state index in [1.165, 1.54) is 24.3 Å². The highest BCUT2D eigenvalue weighted by Gasteiger charge is 2.06. The molecule has 15 heavy (non-hydrogen) atoms. The SMILES string of the molecule is CCC(=O)c1ccc(OS(N)(=O)=O)cc1. The average Bonchev–Trinajstić information content (AvgIpc) is 2.15. The van der Waals surface area contributed by atoms with Gasteiger partial charge in [0.1, 0.15) is 5.75 Å². The lowest BCUT2D eigenvalue weighted by Gasteiger charge is -2.02. The first-order valence-electron chi connectivity index (χ1n) is 4.28. The van der Waals surface area contributed by atoms with Gasteiger partial charge in [-0.25, -0.2) is 0 Å². The number of carbonyl (C=O) groups excluding carboxylic acids is 1. The lowest BCUT2D eigenvalue weighted by atomic mass is 10.1. The molecule has 0 spiro atoms. The fourth-order valence-corrected chi connectivity index (χ4v) is 1.41. The molecule has 1 rings (SSSR count). The Kier molecular flexibility index (Phi) is 3.43. The summed E-state index contributed by atoms with van der Waals surface area (Å²) in [5.41, 5.74) is 0.513. The second kappa shape index (κ2) is 4.41. The molecule has 2 N–H and O–H groups in total. The number of benzene rings is 1. The Balaban J connectivity index is 2.86. The highest BCUT2D eigenvalue weighted by Crippen LogP contribution is 2.14. The molecule has 0 aliphatic heterocycles. The van der Waals surface area contributed by atoms with Crippen LogP contribution in [0.5, 0.6) is 5.75 Å². The van der Waals surface area contributed by atoms with Gasteiger partial charge in [-0.2, -0.15) is 13.6 Å². The van der Waals surface area contributed by atoms with E-state index in [-0.39, 0.29) is 11.5 Å². The van der Waals surface area contributed by atoms with Crippen LogP contribution >= 0.6 is 0 Å². The molecule has 0 saturated heterocycles. The third-order valence-electron chi connectivity index (χ3n) is 1.71. The predicted octanol–water partition coefficient (Wildman–Crippen LogP) is 0.862. The van der Waals surface area contributed by atoms with Gasteiger partial charge in [0.15, 0.2) is 5.78 Å².